The van der Waals surface area contributed by atoms with Gasteiger partial charge in [-0.25, -0.2) is 0 Å². The minimum atomic E-state index is -0.0418. The maximum absolute atomic E-state index is 5.87. The summed E-state index contributed by atoms with van der Waals surface area (Å²) in [6, 6.07) is 8.57. The van der Waals surface area contributed by atoms with Crippen LogP contribution in [0.3, 0.4) is 0 Å². The van der Waals surface area contributed by atoms with Gasteiger partial charge in [0, 0.05) is 0 Å². The zero-order valence-corrected chi connectivity index (χ0v) is 18.4. The first-order valence-corrected chi connectivity index (χ1v) is 11.7. The van der Waals surface area contributed by atoms with E-state index in [-0.39, 0.29) is 5.60 Å². The monoisotopic (exact) mass is 386 g/mol. The van der Waals surface area contributed by atoms with Gasteiger partial charge in [0.15, 0.2) is 0 Å². The topological polar surface area (TPSA) is 21.8 Å². The number of epoxide rings is 1. The van der Waals surface area contributed by atoms with Crippen molar-refractivity contribution in [1.82, 2.24) is 0 Å². The highest BCUT2D eigenvalue weighted by atomic mass is 16.6. The van der Waals surface area contributed by atoms with Gasteiger partial charge in [-0.3, -0.25) is 0 Å². The minimum absolute atomic E-state index is 0.0418. The molecule has 2 heteroatoms. The molecule has 1 aromatic rings. The van der Waals surface area contributed by atoms with Crippen molar-refractivity contribution in [3.05, 3.63) is 42.0 Å². The third kappa shape index (κ3) is 10.9. The molecule has 158 valence electrons. The summed E-state index contributed by atoms with van der Waals surface area (Å²) in [7, 11) is 0. The molecule has 2 nitrogen and oxygen atoms in total. The average Bonchev–Trinajstić information content (AvgIpc) is 3.45. The smallest absolute Gasteiger partial charge is 0.123 e. The van der Waals surface area contributed by atoms with Crippen LogP contribution in [-0.4, -0.2) is 18.8 Å². The number of rotatable bonds is 17. The molecule has 1 saturated heterocycles. The second-order valence-corrected chi connectivity index (χ2v) is 8.66. The maximum atomic E-state index is 5.87. The number of benzene rings is 1. The highest BCUT2D eigenvalue weighted by Crippen LogP contribution is 2.27. The molecule has 0 aliphatic carbocycles. The SMILES string of the molecule is CCCCCCC/C=C/CCCCCCCc1cccc(OCC2(C)CO2)c1. The van der Waals surface area contributed by atoms with E-state index in [1.54, 1.807) is 0 Å². The molecule has 1 aliphatic heterocycles. The molecule has 0 aromatic heterocycles. The molecule has 2 rings (SSSR count). The molecule has 0 saturated carbocycles. The van der Waals surface area contributed by atoms with E-state index in [0.29, 0.717) is 6.61 Å². The molecular formula is C26H42O2. The van der Waals surface area contributed by atoms with Gasteiger partial charge >= 0.3 is 0 Å². The van der Waals surface area contributed by atoms with Crippen LogP contribution in [0.15, 0.2) is 36.4 Å². The van der Waals surface area contributed by atoms with E-state index in [2.05, 4.69) is 44.2 Å². The molecular weight excluding hydrogens is 344 g/mol. The maximum Gasteiger partial charge on any atom is 0.123 e. The van der Waals surface area contributed by atoms with Crippen molar-refractivity contribution in [2.24, 2.45) is 0 Å². The number of ether oxygens (including phenoxy) is 2. The summed E-state index contributed by atoms with van der Waals surface area (Å²) in [4.78, 5) is 0. The van der Waals surface area contributed by atoms with E-state index in [9.17, 15) is 0 Å². The zero-order chi connectivity index (χ0) is 19.9. The summed E-state index contributed by atoms with van der Waals surface area (Å²) in [5.74, 6) is 0.978. The first-order valence-electron chi connectivity index (χ1n) is 11.7. The van der Waals surface area contributed by atoms with Crippen LogP contribution < -0.4 is 4.74 Å². The molecule has 0 N–H and O–H groups in total. The lowest BCUT2D eigenvalue weighted by molar-refractivity contribution is 0.202. The minimum Gasteiger partial charge on any atom is -0.490 e. The lowest BCUT2D eigenvalue weighted by Gasteiger charge is -2.10. The summed E-state index contributed by atoms with van der Waals surface area (Å²) in [5.41, 5.74) is 1.35. The lowest BCUT2D eigenvalue weighted by Crippen LogP contribution is -2.16. The molecule has 0 radical (unpaired) electrons. The fourth-order valence-corrected chi connectivity index (χ4v) is 3.46. The van der Waals surface area contributed by atoms with Crippen LogP contribution in [0.5, 0.6) is 5.75 Å². The van der Waals surface area contributed by atoms with Gasteiger partial charge in [0.05, 0.1) is 6.61 Å². The summed E-state index contributed by atoms with van der Waals surface area (Å²) in [6.07, 6.45) is 22.1. The molecule has 0 bridgehead atoms. The fourth-order valence-electron chi connectivity index (χ4n) is 3.46. The van der Waals surface area contributed by atoms with Gasteiger partial charge in [0.25, 0.3) is 0 Å². The van der Waals surface area contributed by atoms with E-state index < -0.39 is 0 Å². The molecule has 28 heavy (non-hydrogen) atoms. The van der Waals surface area contributed by atoms with Crippen LogP contribution in [0.4, 0.5) is 0 Å². The Hall–Kier alpha value is -1.28. The normalized spacial score (nSPS) is 18.6. The fraction of sp³-hybridized carbons (Fsp3) is 0.692. The highest BCUT2D eigenvalue weighted by Gasteiger charge is 2.40. The molecule has 1 fully saturated rings. The van der Waals surface area contributed by atoms with Crippen LogP contribution >= 0.6 is 0 Å². The van der Waals surface area contributed by atoms with Crippen molar-refractivity contribution in [1.29, 1.82) is 0 Å². The lowest BCUT2D eigenvalue weighted by atomic mass is 10.0. The quantitative estimate of drug-likeness (QED) is 0.156. The first kappa shape index (κ1) is 23.0. The summed E-state index contributed by atoms with van der Waals surface area (Å²) in [6.45, 7) is 5.85. The van der Waals surface area contributed by atoms with Crippen LogP contribution in [-0.2, 0) is 11.2 Å². The Kier molecular flexibility index (Phi) is 11.4. The van der Waals surface area contributed by atoms with Gasteiger partial charge in [0.1, 0.15) is 18.0 Å². The summed E-state index contributed by atoms with van der Waals surface area (Å²) in [5, 5.41) is 0. The standard InChI is InChI=1S/C26H42O2/c1-3-4-5-6-7-8-9-10-11-12-13-14-15-16-18-24-19-17-20-25(21-24)27-22-26(2)23-28-26/h9-10,17,19-21H,3-8,11-16,18,22-23H2,1-2H3/b10-9+. The molecule has 0 amide bonds. The van der Waals surface area contributed by atoms with Crippen molar-refractivity contribution in [2.45, 2.75) is 103 Å². The van der Waals surface area contributed by atoms with Gasteiger partial charge in [-0.1, -0.05) is 76.2 Å². The van der Waals surface area contributed by atoms with Crippen LogP contribution in [0.2, 0.25) is 0 Å². The zero-order valence-electron chi connectivity index (χ0n) is 18.4. The number of unbranched alkanes of at least 4 members (excludes halogenated alkanes) is 10. The Morgan fingerprint density at radius 1 is 0.929 bits per heavy atom. The second kappa shape index (κ2) is 13.8. The second-order valence-electron chi connectivity index (χ2n) is 8.66. The molecule has 1 heterocycles. The molecule has 1 aromatic carbocycles. The molecule has 0 spiro atoms. The van der Waals surface area contributed by atoms with E-state index in [1.165, 1.54) is 82.6 Å². The molecule has 1 atom stereocenters. The first-order chi connectivity index (χ1) is 13.7. The molecule has 1 aliphatic rings. The Labute approximate surface area is 173 Å². The number of allylic oxidation sites excluding steroid dienone is 2. The predicted octanol–water partition coefficient (Wildman–Crippen LogP) is 7.65. The van der Waals surface area contributed by atoms with Crippen molar-refractivity contribution in [3.63, 3.8) is 0 Å². The van der Waals surface area contributed by atoms with E-state index in [1.807, 2.05) is 6.07 Å². The highest BCUT2D eigenvalue weighted by molar-refractivity contribution is 5.28. The van der Waals surface area contributed by atoms with E-state index in [4.69, 9.17) is 9.47 Å². The average molecular weight is 387 g/mol. The largest absolute Gasteiger partial charge is 0.490 e. The van der Waals surface area contributed by atoms with Crippen LogP contribution in [0.1, 0.15) is 96.5 Å². The predicted molar refractivity (Wildman–Crippen MR) is 120 cm³/mol. The Morgan fingerprint density at radius 3 is 2.25 bits per heavy atom. The van der Waals surface area contributed by atoms with E-state index >= 15 is 0 Å². The van der Waals surface area contributed by atoms with Gasteiger partial charge in [-0.2, -0.15) is 0 Å². The van der Waals surface area contributed by atoms with Gasteiger partial charge in [-0.15, -0.1) is 0 Å². The van der Waals surface area contributed by atoms with Gasteiger partial charge < -0.3 is 9.47 Å². The number of aryl methyl sites for hydroxylation is 1. The van der Waals surface area contributed by atoms with Crippen molar-refractivity contribution < 1.29 is 9.47 Å². The van der Waals surface area contributed by atoms with Gasteiger partial charge in [-0.05, 0) is 63.1 Å². The van der Waals surface area contributed by atoms with Crippen LogP contribution in [0.25, 0.3) is 0 Å². The number of hydrogen-bond acceptors (Lipinski definition) is 2. The van der Waals surface area contributed by atoms with Crippen molar-refractivity contribution >= 4 is 0 Å². The van der Waals surface area contributed by atoms with Crippen molar-refractivity contribution in [2.75, 3.05) is 13.2 Å². The summed E-state index contributed by atoms with van der Waals surface area (Å²) < 4.78 is 11.2. The molecule has 1 unspecified atom stereocenters. The summed E-state index contributed by atoms with van der Waals surface area (Å²) >= 11 is 0. The third-order valence-electron chi connectivity index (χ3n) is 5.56. The number of hydrogen-bond donors (Lipinski definition) is 0. The van der Waals surface area contributed by atoms with E-state index in [0.717, 1.165) is 18.8 Å². The Bertz CT molecular complexity index is 545. The van der Waals surface area contributed by atoms with Crippen molar-refractivity contribution in [3.8, 4) is 5.75 Å². The Balaban J connectivity index is 1.42. The van der Waals surface area contributed by atoms with Gasteiger partial charge in [0.2, 0.25) is 0 Å². The Morgan fingerprint density at radius 2 is 1.57 bits per heavy atom. The van der Waals surface area contributed by atoms with Crippen LogP contribution in [0, 0.1) is 0 Å². The third-order valence-corrected chi connectivity index (χ3v) is 5.56.